The summed E-state index contributed by atoms with van der Waals surface area (Å²) in [5.74, 6) is 0.926. The standard InChI is InChI=1S/C25H21N3O5S/c29-23-14-28(20-4-2-1-3-19(20)27-23)25(31)16-5-7-17(8-6-16)26-24(30)15-34-18-9-10-21-22(13-18)33-12-11-32-21/h1-10,13H,11-12,14-15H2,(H,26,30)(H,27,29). The van der Waals surface area contributed by atoms with Crippen molar-refractivity contribution < 1.29 is 23.9 Å². The Balaban J connectivity index is 1.20. The lowest BCUT2D eigenvalue weighted by molar-refractivity contribution is -0.115. The molecule has 0 bridgehead atoms. The molecule has 0 saturated heterocycles. The van der Waals surface area contributed by atoms with Gasteiger partial charge in [0.2, 0.25) is 11.8 Å². The van der Waals surface area contributed by atoms with Crippen molar-refractivity contribution in [3.05, 3.63) is 72.3 Å². The molecule has 3 amide bonds. The Hall–Kier alpha value is -3.98. The molecular formula is C25H21N3O5S. The molecule has 0 fully saturated rings. The summed E-state index contributed by atoms with van der Waals surface area (Å²) in [6.07, 6.45) is 0. The molecular weight excluding hydrogens is 454 g/mol. The second kappa shape index (κ2) is 9.48. The lowest BCUT2D eigenvalue weighted by Crippen LogP contribution is -2.42. The number of nitrogens with zero attached hydrogens (tertiary/aromatic N) is 1. The van der Waals surface area contributed by atoms with E-state index < -0.39 is 0 Å². The lowest BCUT2D eigenvalue weighted by atomic mass is 10.1. The van der Waals surface area contributed by atoms with Gasteiger partial charge in [0, 0.05) is 16.1 Å². The summed E-state index contributed by atoms with van der Waals surface area (Å²) in [6, 6.07) is 19.4. The summed E-state index contributed by atoms with van der Waals surface area (Å²) in [6.45, 7) is 0.996. The summed E-state index contributed by atoms with van der Waals surface area (Å²) in [4.78, 5) is 39.8. The number of carbonyl (C=O) groups excluding carboxylic acids is 3. The number of anilines is 3. The molecule has 2 aliphatic rings. The first-order chi connectivity index (χ1) is 16.6. The average Bonchev–Trinajstić information content (AvgIpc) is 2.87. The van der Waals surface area contributed by atoms with Crippen LogP contribution >= 0.6 is 11.8 Å². The molecule has 5 rings (SSSR count). The van der Waals surface area contributed by atoms with Crippen molar-refractivity contribution in [3.63, 3.8) is 0 Å². The fourth-order valence-corrected chi connectivity index (χ4v) is 4.45. The van der Waals surface area contributed by atoms with Gasteiger partial charge in [0.1, 0.15) is 19.8 Å². The number of thioether (sulfide) groups is 1. The van der Waals surface area contributed by atoms with Crippen LogP contribution in [0.2, 0.25) is 0 Å². The molecule has 0 unspecified atom stereocenters. The van der Waals surface area contributed by atoms with E-state index in [1.165, 1.54) is 16.7 Å². The van der Waals surface area contributed by atoms with Gasteiger partial charge in [0.25, 0.3) is 5.91 Å². The number of nitrogens with one attached hydrogen (secondary N) is 2. The first-order valence-electron chi connectivity index (χ1n) is 10.7. The summed E-state index contributed by atoms with van der Waals surface area (Å²) in [5.41, 5.74) is 2.27. The molecule has 8 nitrogen and oxygen atoms in total. The van der Waals surface area contributed by atoms with Crippen molar-refractivity contribution in [2.75, 3.05) is 41.0 Å². The maximum absolute atomic E-state index is 13.0. The van der Waals surface area contributed by atoms with Gasteiger partial charge in [-0.25, -0.2) is 0 Å². The van der Waals surface area contributed by atoms with Crippen LogP contribution < -0.4 is 25.0 Å². The average molecular weight is 476 g/mol. The largest absolute Gasteiger partial charge is 0.486 e. The van der Waals surface area contributed by atoms with Crippen molar-refractivity contribution in [1.82, 2.24) is 0 Å². The third kappa shape index (κ3) is 4.69. The molecule has 2 heterocycles. The van der Waals surface area contributed by atoms with E-state index in [1.54, 1.807) is 42.5 Å². The normalized spacial score (nSPS) is 14.1. The van der Waals surface area contributed by atoms with Crippen LogP contribution in [-0.4, -0.2) is 43.2 Å². The van der Waals surface area contributed by atoms with Crippen LogP contribution in [0.5, 0.6) is 11.5 Å². The first kappa shape index (κ1) is 21.8. The molecule has 172 valence electrons. The van der Waals surface area contributed by atoms with Gasteiger partial charge in [-0.2, -0.15) is 0 Å². The van der Waals surface area contributed by atoms with Crippen LogP contribution in [0, 0.1) is 0 Å². The number of fused-ring (bicyclic) bond motifs is 2. The molecule has 0 atom stereocenters. The first-order valence-corrected chi connectivity index (χ1v) is 11.7. The van der Waals surface area contributed by atoms with Crippen LogP contribution in [0.15, 0.2) is 71.6 Å². The van der Waals surface area contributed by atoms with E-state index in [0.29, 0.717) is 47.3 Å². The molecule has 3 aromatic carbocycles. The van der Waals surface area contributed by atoms with E-state index >= 15 is 0 Å². The van der Waals surface area contributed by atoms with E-state index in [-0.39, 0.29) is 30.0 Å². The monoisotopic (exact) mass is 475 g/mol. The number of carbonyl (C=O) groups is 3. The summed E-state index contributed by atoms with van der Waals surface area (Å²) >= 11 is 1.39. The van der Waals surface area contributed by atoms with E-state index in [1.807, 2.05) is 24.3 Å². The van der Waals surface area contributed by atoms with Gasteiger partial charge in [-0.05, 0) is 54.6 Å². The minimum atomic E-state index is -0.283. The minimum absolute atomic E-state index is 0.0502. The molecule has 3 aromatic rings. The summed E-state index contributed by atoms with van der Waals surface area (Å²) < 4.78 is 11.1. The Kier molecular flexibility index (Phi) is 6.09. The van der Waals surface area contributed by atoms with E-state index in [9.17, 15) is 14.4 Å². The van der Waals surface area contributed by atoms with E-state index in [0.717, 1.165) is 4.90 Å². The van der Waals surface area contributed by atoms with Crippen LogP contribution in [0.4, 0.5) is 17.1 Å². The van der Waals surface area contributed by atoms with Gasteiger partial charge in [-0.15, -0.1) is 11.8 Å². The third-order valence-electron chi connectivity index (χ3n) is 5.31. The zero-order valence-electron chi connectivity index (χ0n) is 18.1. The maximum Gasteiger partial charge on any atom is 0.258 e. The molecule has 0 spiro atoms. The number of para-hydroxylation sites is 2. The highest BCUT2D eigenvalue weighted by Crippen LogP contribution is 2.34. The fraction of sp³-hybridized carbons (Fsp3) is 0.160. The number of ether oxygens (including phenoxy) is 2. The van der Waals surface area contributed by atoms with Crippen molar-refractivity contribution in [3.8, 4) is 11.5 Å². The second-order valence-electron chi connectivity index (χ2n) is 7.68. The maximum atomic E-state index is 13.0. The predicted octanol–water partition coefficient (Wildman–Crippen LogP) is 3.79. The van der Waals surface area contributed by atoms with Crippen molar-refractivity contribution >= 4 is 46.5 Å². The Morgan fingerprint density at radius 1 is 0.971 bits per heavy atom. The highest BCUT2D eigenvalue weighted by atomic mass is 32.2. The van der Waals surface area contributed by atoms with Gasteiger partial charge < -0.3 is 20.1 Å². The highest BCUT2D eigenvalue weighted by Gasteiger charge is 2.27. The third-order valence-corrected chi connectivity index (χ3v) is 6.31. The quantitative estimate of drug-likeness (QED) is 0.545. The van der Waals surface area contributed by atoms with Crippen LogP contribution in [0.1, 0.15) is 10.4 Å². The van der Waals surface area contributed by atoms with Gasteiger partial charge in [0.15, 0.2) is 11.5 Å². The van der Waals surface area contributed by atoms with Crippen LogP contribution in [0.3, 0.4) is 0 Å². The number of rotatable bonds is 5. The zero-order chi connectivity index (χ0) is 23.5. The molecule has 2 N–H and O–H groups in total. The summed E-state index contributed by atoms with van der Waals surface area (Å²) in [7, 11) is 0. The molecule has 2 aliphatic heterocycles. The van der Waals surface area contributed by atoms with Crippen LogP contribution in [0.25, 0.3) is 0 Å². The Morgan fingerprint density at radius 2 is 1.74 bits per heavy atom. The van der Waals surface area contributed by atoms with Crippen molar-refractivity contribution in [1.29, 1.82) is 0 Å². The van der Waals surface area contributed by atoms with Gasteiger partial charge in [-0.3, -0.25) is 19.3 Å². The van der Waals surface area contributed by atoms with Gasteiger partial charge in [-0.1, -0.05) is 12.1 Å². The minimum Gasteiger partial charge on any atom is -0.486 e. The Bertz CT molecular complexity index is 1260. The van der Waals surface area contributed by atoms with Gasteiger partial charge >= 0.3 is 0 Å². The Labute approximate surface area is 200 Å². The predicted molar refractivity (Wildman–Crippen MR) is 130 cm³/mol. The van der Waals surface area contributed by atoms with Crippen molar-refractivity contribution in [2.45, 2.75) is 4.90 Å². The summed E-state index contributed by atoms with van der Waals surface area (Å²) in [5, 5.41) is 5.61. The molecule has 9 heteroatoms. The molecule has 0 aliphatic carbocycles. The smallest absolute Gasteiger partial charge is 0.258 e. The van der Waals surface area contributed by atoms with Gasteiger partial charge in [0.05, 0.1) is 17.1 Å². The zero-order valence-corrected chi connectivity index (χ0v) is 18.9. The SMILES string of the molecule is O=C(CSc1ccc2c(c1)OCCO2)Nc1ccc(C(=O)N2CC(=O)Nc3ccccc32)cc1. The molecule has 0 radical (unpaired) electrons. The second-order valence-corrected chi connectivity index (χ2v) is 8.73. The molecule has 34 heavy (non-hydrogen) atoms. The van der Waals surface area contributed by atoms with E-state index in [2.05, 4.69) is 10.6 Å². The van der Waals surface area contributed by atoms with Crippen LogP contribution in [-0.2, 0) is 9.59 Å². The fourth-order valence-electron chi connectivity index (χ4n) is 3.73. The highest BCUT2D eigenvalue weighted by molar-refractivity contribution is 8.00. The lowest BCUT2D eigenvalue weighted by Gasteiger charge is -2.29. The van der Waals surface area contributed by atoms with Crippen molar-refractivity contribution in [2.24, 2.45) is 0 Å². The van der Waals surface area contributed by atoms with E-state index in [4.69, 9.17) is 9.47 Å². The number of hydrogen-bond acceptors (Lipinski definition) is 6. The molecule has 0 saturated carbocycles. The number of hydrogen-bond donors (Lipinski definition) is 2. The number of benzene rings is 3. The molecule has 0 aromatic heterocycles. The number of amides is 3. The Morgan fingerprint density at radius 3 is 2.56 bits per heavy atom. The topological polar surface area (TPSA) is 97.0 Å².